The van der Waals surface area contributed by atoms with Crippen LogP contribution in [0, 0.1) is 0 Å². The molecular weight excluding hydrogens is 194 g/mol. The molecule has 1 aliphatic rings. The molecule has 0 aliphatic carbocycles. The number of carbonyl (C=O) groups excluding carboxylic acids is 1. The van der Waals surface area contributed by atoms with E-state index in [0.29, 0.717) is 6.54 Å². The number of Topliss-reactive ketones (excluding diaryl/α,β-unsaturated/α-hetero) is 1. The number of thioether (sulfide) groups is 1. The number of nitrogens with zero attached hydrogens (tertiary/aromatic N) is 1. The maximum Gasteiger partial charge on any atom is 0.227 e. The van der Waals surface area contributed by atoms with Crippen molar-refractivity contribution in [1.82, 2.24) is 0 Å². The van der Waals surface area contributed by atoms with Crippen LogP contribution in [0.15, 0.2) is 30.3 Å². The van der Waals surface area contributed by atoms with E-state index in [4.69, 9.17) is 0 Å². The normalized spacial score (nSPS) is 15.3. The molecule has 0 amide bonds. The number of hydrogen-bond acceptors (Lipinski definition) is 2. The van der Waals surface area contributed by atoms with Gasteiger partial charge in [-0.25, -0.2) is 4.58 Å². The van der Waals surface area contributed by atoms with Gasteiger partial charge in [-0.1, -0.05) is 42.1 Å². The van der Waals surface area contributed by atoms with Crippen molar-refractivity contribution in [3.8, 4) is 0 Å². The molecule has 0 aromatic heterocycles. The van der Waals surface area contributed by atoms with E-state index in [1.54, 1.807) is 11.8 Å². The van der Waals surface area contributed by atoms with E-state index < -0.39 is 0 Å². The van der Waals surface area contributed by atoms with Crippen LogP contribution in [0.4, 0.5) is 0 Å². The Morgan fingerprint density at radius 2 is 2.14 bits per heavy atom. The summed E-state index contributed by atoms with van der Waals surface area (Å²) in [6.45, 7) is 1.50. The quantitative estimate of drug-likeness (QED) is 0.553. The Morgan fingerprint density at radius 3 is 2.79 bits per heavy atom. The summed E-state index contributed by atoms with van der Waals surface area (Å²) < 4.78 is 2.07. The fourth-order valence-electron chi connectivity index (χ4n) is 1.40. The first-order chi connectivity index (χ1) is 6.86. The summed E-state index contributed by atoms with van der Waals surface area (Å²) >= 11 is 1.77. The van der Waals surface area contributed by atoms with Crippen LogP contribution < -0.4 is 0 Å². The molecule has 0 N–H and O–H groups in total. The van der Waals surface area contributed by atoms with Gasteiger partial charge in [0.1, 0.15) is 0 Å². The Balaban J connectivity index is 2.03. The summed E-state index contributed by atoms with van der Waals surface area (Å²) in [4.78, 5) is 11.7. The first-order valence-electron chi connectivity index (χ1n) is 4.63. The highest BCUT2D eigenvalue weighted by molar-refractivity contribution is 8.12. The van der Waals surface area contributed by atoms with Gasteiger partial charge in [0.2, 0.25) is 12.3 Å². The minimum atomic E-state index is 0.198. The number of rotatable bonds is 3. The maximum atomic E-state index is 11.7. The third-order valence-electron chi connectivity index (χ3n) is 2.16. The van der Waals surface area contributed by atoms with Gasteiger partial charge in [-0.2, -0.15) is 0 Å². The van der Waals surface area contributed by atoms with Crippen LogP contribution in [0.3, 0.4) is 0 Å². The molecule has 0 saturated heterocycles. The lowest BCUT2D eigenvalue weighted by atomic mass is 10.1. The molecular formula is C11H12NOS+. The average Bonchev–Trinajstić information content (AvgIpc) is 2.72. The third-order valence-corrected chi connectivity index (χ3v) is 3.03. The number of hydrogen-bond donors (Lipinski definition) is 0. The van der Waals surface area contributed by atoms with E-state index >= 15 is 0 Å². The summed E-state index contributed by atoms with van der Waals surface area (Å²) in [6.07, 6.45) is 0. The zero-order valence-electron chi connectivity index (χ0n) is 7.85. The van der Waals surface area contributed by atoms with E-state index in [9.17, 15) is 4.79 Å². The Bertz CT molecular complexity index is 359. The highest BCUT2D eigenvalue weighted by atomic mass is 32.2. The van der Waals surface area contributed by atoms with E-state index in [-0.39, 0.29) is 5.78 Å². The van der Waals surface area contributed by atoms with Crippen LogP contribution in [-0.4, -0.2) is 34.7 Å². The fourth-order valence-corrected chi connectivity index (χ4v) is 2.23. The predicted molar refractivity (Wildman–Crippen MR) is 59.3 cm³/mol. The fraction of sp³-hybridized carbons (Fsp3) is 0.273. The summed E-state index contributed by atoms with van der Waals surface area (Å²) in [7, 11) is 0. The molecule has 1 aromatic rings. The molecule has 0 fully saturated rings. The number of carbonyl (C=O) groups is 1. The van der Waals surface area contributed by atoms with Crippen LogP contribution >= 0.6 is 11.8 Å². The molecule has 1 aromatic carbocycles. The van der Waals surface area contributed by atoms with E-state index in [1.165, 1.54) is 0 Å². The lowest BCUT2D eigenvalue weighted by molar-refractivity contribution is -0.499. The van der Waals surface area contributed by atoms with Crippen molar-refractivity contribution in [3.05, 3.63) is 35.9 Å². The smallest absolute Gasteiger partial charge is 0.227 e. The molecule has 2 nitrogen and oxygen atoms in total. The molecule has 3 heteroatoms. The van der Waals surface area contributed by atoms with E-state index in [0.717, 1.165) is 17.9 Å². The van der Waals surface area contributed by atoms with Crippen molar-refractivity contribution in [2.75, 3.05) is 18.8 Å². The van der Waals surface area contributed by atoms with Crippen LogP contribution in [0.1, 0.15) is 10.4 Å². The first kappa shape index (κ1) is 9.46. The minimum Gasteiger partial charge on any atom is -0.287 e. The lowest BCUT2D eigenvalue weighted by Crippen LogP contribution is -2.19. The third kappa shape index (κ3) is 2.23. The van der Waals surface area contributed by atoms with Gasteiger partial charge in [-0.3, -0.25) is 4.79 Å². The maximum absolute atomic E-state index is 11.7. The Labute approximate surface area is 87.6 Å². The van der Waals surface area contributed by atoms with Crippen LogP contribution in [0.2, 0.25) is 0 Å². The Morgan fingerprint density at radius 1 is 1.36 bits per heavy atom. The van der Waals surface area contributed by atoms with Gasteiger partial charge in [0.15, 0.2) is 12.1 Å². The van der Waals surface area contributed by atoms with Crippen molar-refractivity contribution in [3.63, 3.8) is 0 Å². The highest BCUT2D eigenvalue weighted by Gasteiger charge is 2.16. The van der Waals surface area contributed by atoms with Crippen LogP contribution in [0.5, 0.6) is 0 Å². The second-order valence-corrected chi connectivity index (χ2v) is 4.19. The molecule has 1 heterocycles. The Kier molecular flexibility index (Phi) is 2.99. The monoisotopic (exact) mass is 206 g/mol. The average molecular weight is 206 g/mol. The topological polar surface area (TPSA) is 20.1 Å². The Hall–Kier alpha value is -1.09. The van der Waals surface area contributed by atoms with Crippen LogP contribution in [0.25, 0.3) is 0 Å². The molecule has 72 valence electrons. The first-order valence-corrected chi connectivity index (χ1v) is 5.68. The minimum absolute atomic E-state index is 0.198. The summed E-state index contributed by atoms with van der Waals surface area (Å²) in [5.74, 6) is 1.30. The molecule has 14 heavy (non-hydrogen) atoms. The van der Waals surface area contributed by atoms with Gasteiger partial charge in [0, 0.05) is 5.56 Å². The number of benzene rings is 1. The molecule has 2 rings (SSSR count). The molecule has 0 radical (unpaired) electrons. The second kappa shape index (κ2) is 4.42. The molecule has 0 unspecified atom stereocenters. The molecule has 0 spiro atoms. The molecule has 0 bridgehead atoms. The van der Waals surface area contributed by atoms with Gasteiger partial charge < -0.3 is 0 Å². The molecule has 1 aliphatic heterocycles. The summed E-state index contributed by atoms with van der Waals surface area (Å²) in [6, 6.07) is 9.46. The van der Waals surface area contributed by atoms with Gasteiger partial charge >= 0.3 is 0 Å². The zero-order valence-corrected chi connectivity index (χ0v) is 8.67. The summed E-state index contributed by atoms with van der Waals surface area (Å²) in [5, 5.41) is 0. The highest BCUT2D eigenvalue weighted by Crippen LogP contribution is 2.05. The van der Waals surface area contributed by atoms with E-state index in [2.05, 4.69) is 4.58 Å². The predicted octanol–water partition coefficient (Wildman–Crippen LogP) is 1.66. The van der Waals surface area contributed by atoms with Gasteiger partial charge in [0.25, 0.3) is 0 Å². The zero-order chi connectivity index (χ0) is 9.80. The largest absolute Gasteiger partial charge is 0.287 e. The van der Waals surface area contributed by atoms with Gasteiger partial charge in [-0.15, -0.1) is 0 Å². The van der Waals surface area contributed by atoms with Crippen molar-refractivity contribution < 1.29 is 9.37 Å². The molecule has 0 atom stereocenters. The van der Waals surface area contributed by atoms with Crippen molar-refractivity contribution in [1.29, 1.82) is 0 Å². The van der Waals surface area contributed by atoms with Gasteiger partial charge in [0.05, 0.1) is 5.75 Å². The van der Waals surface area contributed by atoms with E-state index in [1.807, 2.05) is 35.9 Å². The van der Waals surface area contributed by atoms with Crippen molar-refractivity contribution in [2.45, 2.75) is 0 Å². The SMILES string of the molecule is O=C(C[N+]1=CSCC1)c1ccccc1. The number of ketones is 1. The van der Waals surface area contributed by atoms with Crippen molar-refractivity contribution >= 4 is 23.1 Å². The second-order valence-electron chi connectivity index (χ2n) is 3.24. The van der Waals surface area contributed by atoms with Crippen LogP contribution in [-0.2, 0) is 0 Å². The molecule has 0 saturated carbocycles. The van der Waals surface area contributed by atoms with Gasteiger partial charge in [-0.05, 0) is 0 Å². The van der Waals surface area contributed by atoms with Crippen molar-refractivity contribution in [2.24, 2.45) is 0 Å². The standard InChI is InChI=1S/C11H12NOS/c13-11(8-12-6-7-14-9-12)10-4-2-1-3-5-10/h1-5,9H,6-8H2/q+1. The summed E-state index contributed by atoms with van der Waals surface area (Å²) in [5.41, 5.74) is 2.85. The lowest BCUT2D eigenvalue weighted by Gasteiger charge is -1.97.